The maximum atomic E-state index is 11.9. The lowest BCUT2D eigenvalue weighted by Gasteiger charge is -2.27. The number of anilines is 1. The van der Waals surface area contributed by atoms with Gasteiger partial charge in [0.2, 0.25) is 11.8 Å². The summed E-state index contributed by atoms with van der Waals surface area (Å²) in [5, 5.41) is 5.85. The van der Waals surface area contributed by atoms with Crippen molar-refractivity contribution in [1.82, 2.24) is 19.7 Å². The van der Waals surface area contributed by atoms with Crippen LogP contribution in [0.4, 0.5) is 5.69 Å². The maximum Gasteiger partial charge on any atom is 0.248 e. The Kier molecular flexibility index (Phi) is 11.3. The minimum Gasteiger partial charge on any atom is -0.491 e. The molecule has 0 saturated heterocycles. The summed E-state index contributed by atoms with van der Waals surface area (Å²) in [6, 6.07) is 13.6. The average Bonchev–Trinajstić information content (AvgIpc) is 3.32. The lowest BCUT2D eigenvalue weighted by molar-refractivity contribution is 0.1000. The Labute approximate surface area is 270 Å². The van der Waals surface area contributed by atoms with Crippen molar-refractivity contribution in [2.45, 2.75) is 51.9 Å². The topological polar surface area (TPSA) is 108 Å². The monoisotopic (exact) mass is 630 g/mol. The molecule has 2 aromatic heterocycles. The third-order valence-corrected chi connectivity index (χ3v) is 8.49. The number of carbonyl (C=O) groups excluding carboxylic acids is 1. The molecule has 0 saturated carbocycles. The number of benzene rings is 2. The lowest BCUT2D eigenvalue weighted by Crippen LogP contribution is -2.31. The fraction of sp³-hybridized carbons (Fsp3) is 0.429. The average molecular weight is 631 g/mol. The van der Waals surface area contributed by atoms with Gasteiger partial charge in [0.05, 0.1) is 25.1 Å². The predicted molar refractivity (Wildman–Crippen MR) is 179 cm³/mol. The van der Waals surface area contributed by atoms with E-state index in [4.69, 9.17) is 26.8 Å². The highest BCUT2D eigenvalue weighted by Crippen LogP contribution is 2.34. The second-order valence-corrected chi connectivity index (χ2v) is 12.4. The van der Waals surface area contributed by atoms with E-state index in [0.717, 1.165) is 85.5 Å². The smallest absolute Gasteiger partial charge is 0.248 e. The Bertz CT molecular complexity index is 1610. The zero-order valence-electron chi connectivity index (χ0n) is 26.2. The minimum absolute atomic E-state index is 0.354. The molecule has 10 heteroatoms. The van der Waals surface area contributed by atoms with E-state index >= 15 is 0 Å². The molecule has 0 spiro atoms. The van der Waals surface area contributed by atoms with Crippen LogP contribution in [0.15, 0.2) is 67.1 Å². The number of amides is 1. The number of hydrogen-bond acceptors (Lipinski definition) is 7. The van der Waals surface area contributed by atoms with E-state index in [2.05, 4.69) is 45.1 Å². The maximum absolute atomic E-state index is 11.9. The van der Waals surface area contributed by atoms with Gasteiger partial charge in [-0.05, 0) is 86.8 Å². The molecule has 5 rings (SSSR count). The first-order chi connectivity index (χ1) is 21.9. The number of aryl methyl sites for hydroxylation is 2. The van der Waals surface area contributed by atoms with Crippen LogP contribution in [-0.2, 0) is 13.5 Å². The van der Waals surface area contributed by atoms with E-state index in [9.17, 15) is 4.79 Å². The summed E-state index contributed by atoms with van der Waals surface area (Å²) in [5.74, 6) is 1.71. The first-order valence-electron chi connectivity index (χ1n) is 15.8. The van der Waals surface area contributed by atoms with Crippen LogP contribution in [0.1, 0.15) is 61.4 Å². The summed E-state index contributed by atoms with van der Waals surface area (Å²) < 4.78 is 14.0. The van der Waals surface area contributed by atoms with Crippen molar-refractivity contribution in [3.05, 3.63) is 83.3 Å². The highest BCUT2D eigenvalue weighted by atomic mass is 35.5. The van der Waals surface area contributed by atoms with Gasteiger partial charge in [0, 0.05) is 36.6 Å². The second-order valence-electron chi connectivity index (χ2n) is 12.0. The molecule has 2 atom stereocenters. The van der Waals surface area contributed by atoms with Gasteiger partial charge >= 0.3 is 0 Å². The molecule has 0 aliphatic carbocycles. The van der Waals surface area contributed by atoms with Crippen molar-refractivity contribution in [2.24, 2.45) is 24.6 Å². The van der Waals surface area contributed by atoms with Gasteiger partial charge in [-0.1, -0.05) is 42.8 Å². The van der Waals surface area contributed by atoms with Crippen LogP contribution in [0.3, 0.4) is 0 Å². The fourth-order valence-corrected chi connectivity index (χ4v) is 5.95. The Morgan fingerprint density at radius 2 is 2.07 bits per heavy atom. The third kappa shape index (κ3) is 8.97. The zero-order chi connectivity index (χ0) is 31.6. The third-order valence-electron chi connectivity index (χ3n) is 8.26. The highest BCUT2D eigenvalue weighted by Gasteiger charge is 2.24. The van der Waals surface area contributed by atoms with Crippen LogP contribution >= 0.6 is 11.6 Å². The molecule has 3 heterocycles. The molecule has 0 fully saturated rings. The summed E-state index contributed by atoms with van der Waals surface area (Å²) in [6.07, 6.45) is 14.9. The number of hydrogen-bond donors (Lipinski definition) is 1. The number of nitrogens with zero attached hydrogens (tertiary/aromatic N) is 5. The van der Waals surface area contributed by atoms with Gasteiger partial charge in [-0.25, -0.2) is 9.97 Å². The summed E-state index contributed by atoms with van der Waals surface area (Å²) in [6.45, 7) is 5.19. The van der Waals surface area contributed by atoms with Gasteiger partial charge in [-0.15, -0.1) is 0 Å². The molecule has 238 valence electrons. The fourth-order valence-electron chi connectivity index (χ4n) is 5.74. The number of unbranched alkanes of at least 4 members (excludes halogenated alkanes) is 2. The molecular formula is C35H43ClN6O3. The van der Waals surface area contributed by atoms with Crippen LogP contribution in [0, 0.1) is 11.8 Å². The SMILES string of the molecule is C[C@@H](C/C=C/CCCCN1CC(CCCc2cccc(Cl)c2)COc2ccc(C(N)=O)cc21)COc1ncnc2c1cnn2C. The normalized spacial score (nSPS) is 15.5. The molecule has 1 aliphatic heterocycles. The van der Waals surface area contributed by atoms with Gasteiger partial charge in [-0.3, -0.25) is 9.48 Å². The van der Waals surface area contributed by atoms with Crippen molar-refractivity contribution in [3.63, 3.8) is 0 Å². The van der Waals surface area contributed by atoms with Gasteiger partial charge in [-0.2, -0.15) is 5.10 Å². The van der Waals surface area contributed by atoms with Crippen molar-refractivity contribution >= 4 is 34.2 Å². The van der Waals surface area contributed by atoms with Crippen LogP contribution in [0.5, 0.6) is 11.6 Å². The van der Waals surface area contributed by atoms with Crippen molar-refractivity contribution in [1.29, 1.82) is 0 Å². The molecule has 1 aliphatic rings. The minimum atomic E-state index is -0.424. The van der Waals surface area contributed by atoms with Gasteiger partial charge in [0.25, 0.3) is 0 Å². The molecule has 0 bridgehead atoms. The molecule has 0 radical (unpaired) electrons. The summed E-state index contributed by atoms with van der Waals surface area (Å²) in [7, 11) is 1.86. The molecule has 1 amide bonds. The quantitative estimate of drug-likeness (QED) is 0.114. The van der Waals surface area contributed by atoms with Crippen LogP contribution in [0.2, 0.25) is 5.02 Å². The first-order valence-corrected chi connectivity index (χ1v) is 16.2. The molecule has 2 aromatic carbocycles. The van der Waals surface area contributed by atoms with E-state index in [-0.39, 0.29) is 0 Å². The number of nitrogens with two attached hydrogens (primary N) is 1. The Morgan fingerprint density at radius 3 is 2.91 bits per heavy atom. The zero-order valence-corrected chi connectivity index (χ0v) is 27.0. The number of ether oxygens (including phenoxy) is 2. The Balaban J connectivity index is 1.08. The van der Waals surface area contributed by atoms with Gasteiger partial charge < -0.3 is 20.1 Å². The van der Waals surface area contributed by atoms with Gasteiger partial charge in [0.15, 0.2) is 5.65 Å². The number of allylic oxidation sites excluding steroid dienone is 2. The van der Waals surface area contributed by atoms with E-state index in [0.29, 0.717) is 36.5 Å². The van der Waals surface area contributed by atoms with Crippen LogP contribution < -0.4 is 20.1 Å². The first kappa shape index (κ1) is 32.3. The van der Waals surface area contributed by atoms with Crippen LogP contribution in [-0.4, -0.2) is 52.0 Å². The predicted octanol–water partition coefficient (Wildman–Crippen LogP) is 6.79. The number of rotatable bonds is 15. The Hall–Kier alpha value is -4.11. The second kappa shape index (κ2) is 15.8. The van der Waals surface area contributed by atoms with E-state index in [1.54, 1.807) is 16.9 Å². The Morgan fingerprint density at radius 1 is 1.18 bits per heavy atom. The summed E-state index contributed by atoms with van der Waals surface area (Å²) in [5.41, 5.74) is 9.11. The number of aromatic nitrogens is 4. The molecule has 9 nitrogen and oxygen atoms in total. The number of carbonyl (C=O) groups is 1. The lowest BCUT2D eigenvalue weighted by atomic mass is 9.99. The molecule has 2 N–H and O–H groups in total. The highest BCUT2D eigenvalue weighted by molar-refractivity contribution is 6.30. The molecule has 45 heavy (non-hydrogen) atoms. The van der Waals surface area contributed by atoms with Crippen molar-refractivity contribution < 1.29 is 14.3 Å². The summed E-state index contributed by atoms with van der Waals surface area (Å²) in [4.78, 5) is 22.9. The van der Waals surface area contributed by atoms with Gasteiger partial charge in [0.1, 0.15) is 17.5 Å². The molecular weight excluding hydrogens is 588 g/mol. The standard InChI is InChI=1S/C35H43ClN6O3/c1-25(22-45-35-30-20-40-41(2)34(30)38-24-39-35)10-6-4-3-5-7-17-42-21-27(13-8-11-26-12-9-14-29(36)18-26)23-44-32-16-15-28(33(37)43)19-31(32)42/h4,6,9,12,14-16,18-20,24-25,27H,3,5,7-8,10-11,13,17,21-23H2,1-2H3,(H2,37,43)/b6-4+/t25-,27?/m0/s1. The number of fused-ring (bicyclic) bond motifs is 2. The number of halogens is 1. The molecule has 1 unspecified atom stereocenters. The van der Waals surface area contributed by atoms with Crippen molar-refractivity contribution in [3.8, 4) is 11.6 Å². The van der Waals surface area contributed by atoms with E-state index in [1.807, 2.05) is 37.4 Å². The van der Waals surface area contributed by atoms with E-state index < -0.39 is 5.91 Å². The van der Waals surface area contributed by atoms with Crippen LogP contribution in [0.25, 0.3) is 11.0 Å². The number of primary amides is 1. The molecule has 4 aromatic rings. The summed E-state index contributed by atoms with van der Waals surface area (Å²) >= 11 is 6.18. The van der Waals surface area contributed by atoms with Crippen molar-refractivity contribution in [2.75, 3.05) is 31.2 Å². The van der Waals surface area contributed by atoms with E-state index in [1.165, 1.54) is 11.9 Å². The largest absolute Gasteiger partial charge is 0.491 e.